The van der Waals surface area contributed by atoms with Crippen molar-refractivity contribution in [3.05, 3.63) is 38.5 Å². The highest BCUT2D eigenvalue weighted by atomic mass is 35.5. The van der Waals surface area contributed by atoms with E-state index in [0.29, 0.717) is 4.88 Å². The summed E-state index contributed by atoms with van der Waals surface area (Å²) >= 11 is 13.0. The fraction of sp³-hybridized carbons (Fsp3) is 0.100. The normalized spacial score (nSPS) is 10.3. The first kappa shape index (κ1) is 12.3. The molecule has 1 amide bonds. The lowest BCUT2D eigenvalue weighted by atomic mass is 10.3. The van der Waals surface area contributed by atoms with Crippen LogP contribution in [0.25, 0.3) is 0 Å². The van der Waals surface area contributed by atoms with E-state index >= 15 is 0 Å². The van der Waals surface area contributed by atoms with Gasteiger partial charge in [-0.05, 0) is 23.9 Å². The van der Waals surface area contributed by atoms with Crippen LogP contribution in [0.3, 0.4) is 0 Å². The van der Waals surface area contributed by atoms with Gasteiger partial charge in [0.2, 0.25) is 0 Å². The zero-order valence-electron chi connectivity index (χ0n) is 8.70. The highest BCUT2D eigenvalue weighted by molar-refractivity contribution is 7.12. The lowest BCUT2D eigenvalue weighted by Crippen LogP contribution is -2.12. The van der Waals surface area contributed by atoms with Crippen LogP contribution >= 0.6 is 34.5 Å². The summed E-state index contributed by atoms with van der Waals surface area (Å²) in [6.07, 6.45) is 1.23. The summed E-state index contributed by atoms with van der Waals surface area (Å²) < 4.78 is 0. The Labute approximate surface area is 112 Å². The number of aryl methyl sites for hydroxylation is 1. The van der Waals surface area contributed by atoms with Crippen LogP contribution in [0.2, 0.25) is 10.3 Å². The highest BCUT2D eigenvalue weighted by Crippen LogP contribution is 2.27. The molecule has 0 aliphatic carbocycles. The first-order valence-electron chi connectivity index (χ1n) is 4.61. The van der Waals surface area contributed by atoms with Gasteiger partial charge in [0.05, 0.1) is 4.88 Å². The van der Waals surface area contributed by atoms with Crippen LogP contribution in [0.4, 0.5) is 5.69 Å². The standard InChI is InChI=1S/C10H7Cl2N3OS/c1-5-2-3-17-7(5)10(16)15-6-8(11)13-4-14-9(6)12/h2-4H,1H3,(H,15,16). The average molecular weight is 288 g/mol. The second-order valence-corrected chi connectivity index (χ2v) is 4.85. The number of amides is 1. The third-order valence-corrected chi connectivity index (χ3v) is 3.65. The van der Waals surface area contributed by atoms with Gasteiger partial charge in [-0.2, -0.15) is 0 Å². The molecule has 2 rings (SSSR count). The number of nitrogens with zero attached hydrogens (tertiary/aromatic N) is 2. The van der Waals surface area contributed by atoms with Gasteiger partial charge in [-0.25, -0.2) is 9.97 Å². The van der Waals surface area contributed by atoms with Crippen LogP contribution in [-0.2, 0) is 0 Å². The molecule has 88 valence electrons. The van der Waals surface area contributed by atoms with E-state index in [0.717, 1.165) is 5.56 Å². The third kappa shape index (κ3) is 2.57. The van der Waals surface area contributed by atoms with Gasteiger partial charge in [0.25, 0.3) is 5.91 Å². The molecule has 2 aromatic heterocycles. The number of hydrogen-bond donors (Lipinski definition) is 1. The van der Waals surface area contributed by atoms with Crippen LogP contribution in [-0.4, -0.2) is 15.9 Å². The van der Waals surface area contributed by atoms with E-state index in [1.54, 1.807) is 0 Å². The van der Waals surface area contributed by atoms with Gasteiger partial charge in [0.15, 0.2) is 10.3 Å². The van der Waals surface area contributed by atoms with E-state index in [9.17, 15) is 4.79 Å². The monoisotopic (exact) mass is 287 g/mol. The van der Waals surface area contributed by atoms with Gasteiger partial charge in [-0.15, -0.1) is 11.3 Å². The fourth-order valence-corrected chi connectivity index (χ4v) is 2.45. The van der Waals surface area contributed by atoms with Crippen LogP contribution in [0, 0.1) is 6.92 Å². The van der Waals surface area contributed by atoms with E-state index in [4.69, 9.17) is 23.2 Å². The van der Waals surface area contributed by atoms with Gasteiger partial charge in [-0.1, -0.05) is 23.2 Å². The molecule has 4 nitrogen and oxygen atoms in total. The molecule has 7 heteroatoms. The zero-order chi connectivity index (χ0) is 12.4. The number of carbonyl (C=O) groups excluding carboxylic acids is 1. The largest absolute Gasteiger partial charge is 0.316 e. The molecular weight excluding hydrogens is 281 g/mol. The SMILES string of the molecule is Cc1ccsc1C(=O)Nc1c(Cl)ncnc1Cl. The van der Waals surface area contributed by atoms with Crippen LogP contribution in [0.1, 0.15) is 15.2 Å². The van der Waals surface area contributed by atoms with Crippen molar-refractivity contribution < 1.29 is 4.79 Å². The molecule has 0 fully saturated rings. The molecule has 0 radical (unpaired) electrons. The first-order valence-corrected chi connectivity index (χ1v) is 6.24. The van der Waals surface area contributed by atoms with Gasteiger partial charge >= 0.3 is 0 Å². The Kier molecular flexibility index (Phi) is 3.61. The van der Waals surface area contributed by atoms with Crippen LogP contribution < -0.4 is 5.32 Å². The van der Waals surface area contributed by atoms with E-state index in [1.165, 1.54) is 17.7 Å². The number of thiophene rings is 1. The summed E-state index contributed by atoms with van der Waals surface area (Å²) in [4.78, 5) is 20.0. The van der Waals surface area contributed by atoms with Crippen molar-refractivity contribution in [2.45, 2.75) is 6.92 Å². The molecule has 0 spiro atoms. The summed E-state index contributed by atoms with van der Waals surface area (Å²) in [5.74, 6) is -0.267. The number of carbonyl (C=O) groups is 1. The zero-order valence-corrected chi connectivity index (χ0v) is 11.0. The quantitative estimate of drug-likeness (QED) is 0.862. The molecule has 0 aliphatic rings. The van der Waals surface area contributed by atoms with Gasteiger partial charge < -0.3 is 5.32 Å². The maximum absolute atomic E-state index is 11.9. The molecule has 0 bridgehead atoms. The molecule has 1 N–H and O–H groups in total. The maximum atomic E-state index is 11.9. The molecule has 17 heavy (non-hydrogen) atoms. The predicted octanol–water partition coefficient (Wildman–Crippen LogP) is 3.41. The predicted molar refractivity (Wildman–Crippen MR) is 69.1 cm³/mol. The van der Waals surface area contributed by atoms with Crippen molar-refractivity contribution >= 4 is 46.1 Å². The molecule has 0 atom stereocenters. The molecule has 0 saturated carbocycles. The molecule has 0 saturated heterocycles. The third-order valence-electron chi connectivity index (χ3n) is 2.06. The Morgan fingerprint density at radius 3 is 2.53 bits per heavy atom. The molecule has 0 unspecified atom stereocenters. The minimum Gasteiger partial charge on any atom is -0.316 e. The van der Waals surface area contributed by atoms with Crippen molar-refractivity contribution in [3.63, 3.8) is 0 Å². The number of rotatable bonds is 2. The Morgan fingerprint density at radius 1 is 1.35 bits per heavy atom. The Morgan fingerprint density at radius 2 is 2.00 bits per heavy atom. The van der Waals surface area contributed by atoms with E-state index in [1.807, 2.05) is 18.4 Å². The maximum Gasteiger partial charge on any atom is 0.266 e. The summed E-state index contributed by atoms with van der Waals surface area (Å²) in [5, 5.41) is 4.68. The second-order valence-electron chi connectivity index (χ2n) is 3.22. The molecule has 2 heterocycles. The number of nitrogens with one attached hydrogen (secondary N) is 1. The molecule has 0 aromatic carbocycles. The highest BCUT2D eigenvalue weighted by Gasteiger charge is 2.15. The Hall–Kier alpha value is -1.17. The topological polar surface area (TPSA) is 54.9 Å². The number of aromatic nitrogens is 2. The van der Waals surface area contributed by atoms with E-state index < -0.39 is 0 Å². The first-order chi connectivity index (χ1) is 8.09. The van der Waals surface area contributed by atoms with Crippen molar-refractivity contribution in [2.75, 3.05) is 5.32 Å². The number of hydrogen-bond acceptors (Lipinski definition) is 4. The fourth-order valence-electron chi connectivity index (χ4n) is 1.22. The van der Waals surface area contributed by atoms with Crippen LogP contribution in [0.15, 0.2) is 17.8 Å². The summed E-state index contributed by atoms with van der Waals surface area (Å²) in [7, 11) is 0. The minimum atomic E-state index is -0.267. The molecular formula is C10H7Cl2N3OS. The summed E-state index contributed by atoms with van der Waals surface area (Å²) in [5.41, 5.74) is 1.13. The average Bonchev–Trinajstić information content (AvgIpc) is 2.70. The Balaban J connectivity index is 2.28. The lowest BCUT2D eigenvalue weighted by molar-refractivity contribution is 0.103. The van der Waals surface area contributed by atoms with E-state index in [2.05, 4.69) is 15.3 Å². The molecule has 2 aromatic rings. The van der Waals surface area contributed by atoms with Crippen molar-refractivity contribution in [1.29, 1.82) is 0 Å². The van der Waals surface area contributed by atoms with Gasteiger partial charge in [0, 0.05) is 0 Å². The van der Waals surface area contributed by atoms with Crippen LogP contribution in [0.5, 0.6) is 0 Å². The van der Waals surface area contributed by atoms with E-state index in [-0.39, 0.29) is 21.9 Å². The van der Waals surface area contributed by atoms with Crippen molar-refractivity contribution in [1.82, 2.24) is 9.97 Å². The molecule has 0 aliphatic heterocycles. The summed E-state index contributed by atoms with van der Waals surface area (Å²) in [6, 6.07) is 1.87. The van der Waals surface area contributed by atoms with Crippen molar-refractivity contribution in [3.8, 4) is 0 Å². The summed E-state index contributed by atoms with van der Waals surface area (Å²) in [6.45, 7) is 1.86. The number of anilines is 1. The Bertz CT molecular complexity index is 550. The van der Waals surface area contributed by atoms with Gasteiger partial charge in [0.1, 0.15) is 12.0 Å². The number of halogens is 2. The van der Waals surface area contributed by atoms with Gasteiger partial charge in [-0.3, -0.25) is 4.79 Å². The minimum absolute atomic E-state index is 0.118. The smallest absolute Gasteiger partial charge is 0.266 e. The lowest BCUT2D eigenvalue weighted by Gasteiger charge is -2.06. The second kappa shape index (κ2) is 5.00. The van der Waals surface area contributed by atoms with Crippen molar-refractivity contribution in [2.24, 2.45) is 0 Å².